The Hall–Kier alpha value is -2.04. The first-order valence-corrected chi connectivity index (χ1v) is 7.55. The first-order chi connectivity index (χ1) is 10.2. The Kier molecular flexibility index (Phi) is 13.0. The molecule has 0 aliphatic carbocycles. The summed E-state index contributed by atoms with van der Waals surface area (Å²) in [6, 6.07) is 0. The lowest BCUT2D eigenvalue weighted by Crippen LogP contribution is -2.41. The van der Waals surface area contributed by atoms with Crippen LogP contribution in [0.1, 0.15) is 46.0 Å². The molecule has 0 aliphatic heterocycles. The van der Waals surface area contributed by atoms with Crippen LogP contribution >= 0.6 is 0 Å². The van der Waals surface area contributed by atoms with Crippen LogP contribution in [0.3, 0.4) is 0 Å². The second-order valence-corrected chi connectivity index (χ2v) is 4.57. The van der Waals surface area contributed by atoms with Crippen molar-refractivity contribution in [2.24, 2.45) is 21.5 Å². The molecule has 0 heterocycles. The van der Waals surface area contributed by atoms with Crippen molar-refractivity contribution >= 4 is 11.9 Å². The van der Waals surface area contributed by atoms with Crippen LogP contribution in [0.5, 0.6) is 0 Å². The van der Waals surface area contributed by atoms with Gasteiger partial charge < -0.3 is 11.5 Å². The Morgan fingerprint density at radius 1 is 0.952 bits per heavy atom. The predicted octanol–water partition coefficient (Wildman–Crippen LogP) is 2.82. The summed E-state index contributed by atoms with van der Waals surface area (Å²) in [7, 11) is 0. The van der Waals surface area contributed by atoms with Crippen molar-refractivity contribution in [1.29, 1.82) is 0 Å². The van der Waals surface area contributed by atoms with Crippen molar-refractivity contribution in [1.82, 2.24) is 5.32 Å². The molecule has 0 saturated carbocycles. The van der Waals surface area contributed by atoms with Gasteiger partial charge in [-0.25, -0.2) is 4.99 Å². The molecule has 0 unspecified atom stereocenters. The molecule has 0 fully saturated rings. The maximum atomic E-state index is 5.72. The zero-order chi connectivity index (χ0) is 15.8. The number of nitrogens with one attached hydrogen (secondary N) is 1. The second kappa shape index (κ2) is 14.4. The minimum absolute atomic E-state index is 0.234. The first-order valence-electron chi connectivity index (χ1n) is 7.55. The number of rotatable bonds is 9. The smallest absolute Gasteiger partial charge is 0.200 e. The van der Waals surface area contributed by atoms with Gasteiger partial charge in [0.25, 0.3) is 0 Å². The lowest BCUT2D eigenvalue weighted by molar-refractivity contribution is 0.638. The fourth-order valence-corrected chi connectivity index (χ4v) is 1.53. The van der Waals surface area contributed by atoms with Crippen LogP contribution in [0.25, 0.3) is 0 Å². The van der Waals surface area contributed by atoms with Crippen LogP contribution in [-0.2, 0) is 0 Å². The topological polar surface area (TPSA) is 88.8 Å². The van der Waals surface area contributed by atoms with Gasteiger partial charge in [0.2, 0.25) is 0 Å². The average Bonchev–Trinajstić information content (AvgIpc) is 2.46. The minimum atomic E-state index is 0.234. The van der Waals surface area contributed by atoms with E-state index in [2.05, 4.69) is 22.2 Å². The molecule has 0 amide bonds. The van der Waals surface area contributed by atoms with Crippen LogP contribution in [-0.4, -0.2) is 18.5 Å². The number of guanidine groups is 2. The number of hydrogen-bond donors (Lipinski definition) is 3. The highest BCUT2D eigenvalue weighted by Crippen LogP contribution is 2.01. The molecule has 0 atom stereocenters. The van der Waals surface area contributed by atoms with Crippen molar-refractivity contribution in [3.63, 3.8) is 0 Å². The monoisotopic (exact) mass is 291 g/mol. The summed E-state index contributed by atoms with van der Waals surface area (Å²) in [5.74, 6) is 0.544. The highest BCUT2D eigenvalue weighted by Gasteiger charge is 1.93. The summed E-state index contributed by atoms with van der Waals surface area (Å²) < 4.78 is 0. The van der Waals surface area contributed by atoms with E-state index in [4.69, 9.17) is 11.5 Å². The summed E-state index contributed by atoms with van der Waals surface area (Å²) in [5, 5.41) is 2.75. The lowest BCUT2D eigenvalue weighted by Gasteiger charge is -2.03. The molecule has 5 N–H and O–H groups in total. The molecule has 0 aromatic carbocycles. The zero-order valence-electron chi connectivity index (χ0n) is 13.3. The summed E-state index contributed by atoms with van der Waals surface area (Å²) in [6.07, 6.45) is 17.1. The largest absolute Gasteiger partial charge is 0.370 e. The van der Waals surface area contributed by atoms with Crippen molar-refractivity contribution < 1.29 is 0 Å². The van der Waals surface area contributed by atoms with Crippen LogP contribution in [0.15, 0.2) is 46.6 Å². The second-order valence-electron chi connectivity index (χ2n) is 4.57. The third-order valence-electron chi connectivity index (χ3n) is 2.63. The molecule has 0 radical (unpaired) electrons. The number of hydrogen-bond acceptors (Lipinski definition) is 2. The quantitative estimate of drug-likeness (QED) is 0.264. The molecule has 0 spiro atoms. The van der Waals surface area contributed by atoms with Gasteiger partial charge in [0.1, 0.15) is 0 Å². The van der Waals surface area contributed by atoms with E-state index in [1.165, 1.54) is 25.7 Å². The Labute approximate surface area is 128 Å². The third-order valence-corrected chi connectivity index (χ3v) is 2.63. The predicted molar refractivity (Wildman–Crippen MR) is 93.1 cm³/mol. The van der Waals surface area contributed by atoms with Gasteiger partial charge >= 0.3 is 0 Å². The number of nitrogens with zero attached hydrogens (tertiary/aromatic N) is 2. The van der Waals surface area contributed by atoms with Gasteiger partial charge in [-0.3, -0.25) is 10.3 Å². The Morgan fingerprint density at radius 3 is 2.38 bits per heavy atom. The molecule has 0 aromatic rings. The highest BCUT2D eigenvalue weighted by molar-refractivity contribution is 5.97. The molecular weight excluding hydrogens is 262 g/mol. The highest BCUT2D eigenvalue weighted by atomic mass is 15.2. The molecule has 21 heavy (non-hydrogen) atoms. The Bertz CT molecular complexity index is 391. The summed E-state index contributed by atoms with van der Waals surface area (Å²) >= 11 is 0. The van der Waals surface area contributed by atoms with Crippen molar-refractivity contribution in [2.75, 3.05) is 6.54 Å². The maximum Gasteiger partial charge on any atom is 0.200 e. The van der Waals surface area contributed by atoms with Gasteiger partial charge in [0, 0.05) is 12.7 Å². The molecule has 5 heteroatoms. The summed E-state index contributed by atoms with van der Waals surface area (Å²) in [6.45, 7) is 4.88. The molecular formula is C16H29N5. The van der Waals surface area contributed by atoms with Gasteiger partial charge in [-0.15, -0.1) is 0 Å². The van der Waals surface area contributed by atoms with Gasteiger partial charge in [-0.1, -0.05) is 56.9 Å². The maximum absolute atomic E-state index is 5.72. The van der Waals surface area contributed by atoms with Crippen molar-refractivity contribution in [3.8, 4) is 0 Å². The summed E-state index contributed by atoms with van der Waals surface area (Å²) in [4.78, 5) is 8.20. The van der Waals surface area contributed by atoms with Crippen molar-refractivity contribution in [2.45, 2.75) is 46.0 Å². The van der Waals surface area contributed by atoms with Gasteiger partial charge in [-0.05, 0) is 19.4 Å². The molecule has 5 nitrogen and oxygen atoms in total. The van der Waals surface area contributed by atoms with E-state index in [9.17, 15) is 0 Å². The first kappa shape index (κ1) is 19.0. The molecule has 0 rings (SSSR count). The molecule has 0 bridgehead atoms. The number of unbranched alkanes of at least 4 members (excludes halogenated alkanes) is 4. The van der Waals surface area contributed by atoms with Gasteiger partial charge in [-0.2, -0.15) is 0 Å². The molecule has 118 valence electrons. The van der Waals surface area contributed by atoms with Gasteiger partial charge in [0.15, 0.2) is 11.9 Å². The Balaban J connectivity index is 3.93. The standard InChI is InChI=1S/C16H29N5/c1-3-5-7-9-11-13-19-15(17)21-16(18)20-14-12-10-8-6-4-2/h3,5,7,9,11,13H,4,6,8,10,12,14H2,1-2H3,(H5,17,18,19,20,21)/b5-3+,9-7+,13-11+. The van der Waals surface area contributed by atoms with E-state index in [1.54, 1.807) is 12.3 Å². The van der Waals surface area contributed by atoms with Crippen LogP contribution in [0.2, 0.25) is 0 Å². The third kappa shape index (κ3) is 14.2. The van der Waals surface area contributed by atoms with E-state index in [0.717, 1.165) is 13.0 Å². The van der Waals surface area contributed by atoms with E-state index < -0.39 is 0 Å². The van der Waals surface area contributed by atoms with Crippen LogP contribution < -0.4 is 16.8 Å². The van der Waals surface area contributed by atoms with Crippen molar-refractivity contribution in [3.05, 3.63) is 36.6 Å². The number of allylic oxidation sites excluding steroid dienone is 5. The van der Waals surface area contributed by atoms with E-state index in [0.29, 0.717) is 5.96 Å². The lowest BCUT2D eigenvalue weighted by atomic mass is 10.2. The fourth-order valence-electron chi connectivity index (χ4n) is 1.53. The minimum Gasteiger partial charge on any atom is -0.370 e. The number of aliphatic imine (C=N–C) groups is 2. The van der Waals surface area contributed by atoms with Crippen LogP contribution in [0.4, 0.5) is 0 Å². The molecule has 0 aromatic heterocycles. The van der Waals surface area contributed by atoms with Crippen LogP contribution in [0, 0.1) is 0 Å². The average molecular weight is 291 g/mol. The zero-order valence-corrected chi connectivity index (χ0v) is 13.3. The fraction of sp³-hybridized carbons (Fsp3) is 0.500. The van der Waals surface area contributed by atoms with E-state index in [1.807, 2.05) is 31.2 Å². The normalized spacial score (nSPS) is 13.8. The van der Waals surface area contributed by atoms with Gasteiger partial charge in [0.05, 0.1) is 0 Å². The van der Waals surface area contributed by atoms with E-state index in [-0.39, 0.29) is 5.96 Å². The summed E-state index contributed by atoms with van der Waals surface area (Å²) in [5.41, 5.74) is 11.4. The SMILES string of the molecule is C/C=C/C=C/C=C/N=C(N)NC(N)=NCCCCCCC. The van der Waals surface area contributed by atoms with E-state index >= 15 is 0 Å². The molecule has 0 aliphatic rings. The molecule has 0 saturated heterocycles. The Morgan fingerprint density at radius 2 is 1.67 bits per heavy atom. The number of nitrogens with two attached hydrogens (primary N) is 2.